The van der Waals surface area contributed by atoms with E-state index in [1.54, 1.807) is 14.2 Å². The van der Waals surface area contributed by atoms with Gasteiger partial charge in [-0.05, 0) is 92.5 Å². The molecule has 4 rings (SSSR count). The Bertz CT molecular complexity index is 1290. The third-order valence-electron chi connectivity index (χ3n) is 7.02. The van der Waals surface area contributed by atoms with Crippen molar-refractivity contribution in [1.82, 2.24) is 9.97 Å². The highest BCUT2D eigenvalue weighted by molar-refractivity contribution is 9.35. The number of nitrogens with zero attached hydrogens (tertiary/aromatic N) is 2. The van der Waals surface area contributed by atoms with Crippen molar-refractivity contribution in [3.63, 3.8) is 0 Å². The molecular weight excluding hydrogens is 789 g/mol. The lowest BCUT2D eigenvalue weighted by molar-refractivity contribution is -0.112. The highest BCUT2D eigenvalue weighted by Gasteiger charge is 2.20. The van der Waals surface area contributed by atoms with Crippen molar-refractivity contribution in [3.05, 3.63) is 58.5 Å². The van der Waals surface area contributed by atoms with E-state index in [9.17, 15) is 0 Å². The average molecular weight is 833 g/mol. The number of methoxy groups -OCH3 is 2. The van der Waals surface area contributed by atoms with Crippen LogP contribution >= 0.6 is 73.7 Å². The first-order valence-corrected chi connectivity index (χ1v) is 26.4. The lowest BCUT2D eigenvalue weighted by atomic mass is 10.2. The summed E-state index contributed by atoms with van der Waals surface area (Å²) in [4.78, 5) is 9.97. The third-order valence-corrected chi connectivity index (χ3v) is 20.4. The minimum Gasteiger partial charge on any atom is -0.417 e. The van der Waals surface area contributed by atoms with Gasteiger partial charge in [0.1, 0.15) is 0 Å². The molecule has 0 saturated heterocycles. The number of rotatable bonds is 28. The number of thiazole rings is 2. The van der Waals surface area contributed by atoms with Gasteiger partial charge in [-0.1, -0.05) is 45.9 Å². The number of para-hydroxylation sites is 2. The summed E-state index contributed by atoms with van der Waals surface area (Å²) >= 11 is 3.62. The zero-order chi connectivity index (χ0) is 34.5. The maximum Gasteiger partial charge on any atom is 0.230 e. The minimum absolute atomic E-state index is 0.179. The van der Waals surface area contributed by atoms with Crippen molar-refractivity contribution in [2.75, 3.05) is 52.2 Å². The van der Waals surface area contributed by atoms with Crippen molar-refractivity contribution in [1.29, 1.82) is 0 Å². The van der Waals surface area contributed by atoms with Gasteiger partial charge in [0.2, 0.25) is 19.5 Å². The Morgan fingerprint density at radius 2 is 1.08 bits per heavy atom. The second-order valence-corrected chi connectivity index (χ2v) is 22.6. The number of hydrogen-bond acceptors (Lipinski definition) is 15. The number of aromatic nitrogens is 2. The Balaban J connectivity index is 1.18. The molecule has 8 nitrogen and oxygen atoms in total. The van der Waals surface area contributed by atoms with Crippen LogP contribution in [0.4, 0.5) is 0 Å². The molecule has 4 radical (unpaired) electrons. The van der Waals surface area contributed by atoms with E-state index in [-0.39, 0.29) is 12.6 Å². The maximum absolute atomic E-state index is 6.01. The first-order valence-electron chi connectivity index (χ1n) is 16.0. The number of fused-ring (bicyclic) bond motifs is 2. The van der Waals surface area contributed by atoms with Crippen molar-refractivity contribution in [2.24, 2.45) is 0 Å². The lowest BCUT2D eigenvalue weighted by Crippen LogP contribution is -2.13. The van der Waals surface area contributed by atoms with Gasteiger partial charge in [0, 0.05) is 50.8 Å². The van der Waals surface area contributed by atoms with E-state index in [1.807, 2.05) is 87.6 Å². The number of benzene rings is 2. The quantitative estimate of drug-likeness (QED) is 0.0236. The van der Waals surface area contributed by atoms with E-state index < -0.39 is 0 Å². The summed E-state index contributed by atoms with van der Waals surface area (Å²) in [5.41, 5.74) is 2.17. The van der Waals surface area contributed by atoms with Gasteiger partial charge in [-0.2, -0.15) is 0 Å². The predicted molar refractivity (Wildman–Crippen MR) is 220 cm³/mol. The fourth-order valence-corrected chi connectivity index (χ4v) is 18.3. The molecule has 0 fully saturated rings. The van der Waals surface area contributed by atoms with Crippen LogP contribution < -0.4 is 0 Å². The molecule has 0 N–H and O–H groups in total. The SMILES string of the molecule is COC(C)OCCCO[Si]CC(CSSSSSCC(C[Si]OCCCOC(C)OC)c1nc2ccccc2s1)c1nc2ccccc2s1. The van der Waals surface area contributed by atoms with Gasteiger partial charge in [0.05, 0.1) is 43.7 Å². The van der Waals surface area contributed by atoms with Crippen LogP contribution in [0.25, 0.3) is 20.4 Å². The molecular formula is C32H44N2O6S7Si2. The Morgan fingerprint density at radius 3 is 1.51 bits per heavy atom. The Kier molecular flexibility index (Phi) is 21.6. The third kappa shape index (κ3) is 16.0. The highest BCUT2D eigenvalue weighted by atomic mass is 33.8. The van der Waals surface area contributed by atoms with Crippen molar-refractivity contribution >= 4 is 114 Å². The molecule has 4 atom stereocenters. The van der Waals surface area contributed by atoms with Crippen LogP contribution in [0.1, 0.15) is 48.5 Å². The van der Waals surface area contributed by atoms with Crippen molar-refractivity contribution < 1.29 is 27.8 Å². The summed E-state index contributed by atoms with van der Waals surface area (Å²) in [5, 5.41) is 2.40. The molecule has 0 saturated carbocycles. The Hall–Kier alpha value is 0.164. The largest absolute Gasteiger partial charge is 0.417 e. The second-order valence-electron chi connectivity index (χ2n) is 10.7. The standard InChI is InChI=1S/C32H44N2O6S7Si2/c1-23(35-3)37-15-9-17-39-48-21-25(31-33-27-11-5-7-13-29(27)43-31)19-41-45-47-46-42-20-26(22-49-40-18-10-16-38-24(2)36-4)32-34-28-12-6-8-14-30(28)44-32/h5-8,11-14,23-26H,9-10,15-22H2,1-4H3. The molecule has 0 spiro atoms. The fraction of sp³-hybridized carbons (Fsp3) is 0.562. The summed E-state index contributed by atoms with van der Waals surface area (Å²) in [5.74, 6) is 2.71. The van der Waals surface area contributed by atoms with Crippen molar-refractivity contribution in [3.8, 4) is 0 Å². The van der Waals surface area contributed by atoms with Crippen molar-refractivity contribution in [2.45, 2.75) is 63.2 Å². The van der Waals surface area contributed by atoms with Gasteiger partial charge in [-0.15, -0.1) is 22.7 Å². The van der Waals surface area contributed by atoms with Gasteiger partial charge in [-0.25, -0.2) is 9.97 Å². The van der Waals surface area contributed by atoms with Gasteiger partial charge in [-0.3, -0.25) is 0 Å². The maximum atomic E-state index is 6.01. The van der Waals surface area contributed by atoms with Crippen LogP contribution in [0.5, 0.6) is 0 Å². The summed E-state index contributed by atoms with van der Waals surface area (Å²) < 4.78 is 35.9. The monoisotopic (exact) mass is 832 g/mol. The molecule has 0 aliphatic carbocycles. The van der Waals surface area contributed by atoms with E-state index >= 15 is 0 Å². The number of hydrogen-bond donors (Lipinski definition) is 0. The molecule has 0 amide bonds. The van der Waals surface area contributed by atoms with Crippen LogP contribution in [-0.4, -0.2) is 94.2 Å². The Morgan fingerprint density at radius 1 is 0.633 bits per heavy atom. The van der Waals surface area contributed by atoms with Crippen LogP contribution in [-0.2, 0) is 27.8 Å². The molecule has 49 heavy (non-hydrogen) atoms. The molecule has 2 heterocycles. The highest BCUT2D eigenvalue weighted by Crippen LogP contribution is 2.51. The molecule has 0 aliphatic heterocycles. The molecule has 2 aromatic carbocycles. The first-order chi connectivity index (χ1) is 24.1. The Labute approximate surface area is 322 Å². The smallest absolute Gasteiger partial charge is 0.230 e. The van der Waals surface area contributed by atoms with E-state index in [0.717, 1.165) is 47.5 Å². The predicted octanol–water partition coefficient (Wildman–Crippen LogP) is 10.0. The molecule has 17 heteroatoms. The van der Waals surface area contributed by atoms with Crippen LogP contribution in [0, 0.1) is 0 Å². The van der Waals surface area contributed by atoms with E-state index in [0.29, 0.717) is 57.8 Å². The van der Waals surface area contributed by atoms with Gasteiger partial charge >= 0.3 is 0 Å². The molecule has 4 aromatic rings. The summed E-state index contributed by atoms with van der Waals surface area (Å²) in [7, 11) is 13.5. The first kappa shape index (κ1) is 41.9. The fourth-order valence-electron chi connectivity index (χ4n) is 4.20. The van der Waals surface area contributed by atoms with E-state index in [1.165, 1.54) is 19.4 Å². The van der Waals surface area contributed by atoms with Gasteiger partial charge in [0.25, 0.3) is 0 Å². The average Bonchev–Trinajstić information content (AvgIpc) is 3.76. The molecule has 0 aliphatic rings. The van der Waals surface area contributed by atoms with Crippen LogP contribution in [0.3, 0.4) is 0 Å². The summed E-state index contributed by atoms with van der Waals surface area (Å²) in [6.07, 6.45) is 1.36. The number of ether oxygens (including phenoxy) is 4. The minimum atomic E-state index is -0.179. The summed E-state index contributed by atoms with van der Waals surface area (Å²) in [6.45, 7) is 6.48. The van der Waals surface area contributed by atoms with E-state index in [4.69, 9.17) is 37.8 Å². The second kappa shape index (κ2) is 25.2. The molecule has 2 aromatic heterocycles. The summed E-state index contributed by atoms with van der Waals surface area (Å²) in [6, 6.07) is 18.8. The zero-order valence-electron chi connectivity index (χ0n) is 28.2. The van der Waals surface area contributed by atoms with Gasteiger partial charge < -0.3 is 27.8 Å². The topological polar surface area (TPSA) is 81.2 Å². The zero-order valence-corrected chi connectivity index (χ0v) is 35.9. The lowest BCUT2D eigenvalue weighted by Gasteiger charge is -2.14. The van der Waals surface area contributed by atoms with E-state index in [2.05, 4.69) is 48.5 Å². The molecule has 4 unspecified atom stereocenters. The van der Waals surface area contributed by atoms with Gasteiger partial charge in [0.15, 0.2) is 12.6 Å². The normalized spacial score (nSPS) is 14.4. The van der Waals surface area contributed by atoms with Crippen LogP contribution in [0.2, 0.25) is 12.1 Å². The van der Waals surface area contributed by atoms with Crippen LogP contribution in [0.15, 0.2) is 48.5 Å². The molecule has 268 valence electrons. The molecule has 0 bridgehead atoms.